The fraction of sp³-hybridized carbons (Fsp3) is 0.286. The van der Waals surface area contributed by atoms with Gasteiger partial charge in [-0.3, -0.25) is 9.71 Å². The highest BCUT2D eigenvalue weighted by Crippen LogP contribution is 2.05. The number of rotatable bonds is 3. The smallest absolute Gasteiger partial charge is 0.232 e. The van der Waals surface area contributed by atoms with Crippen LogP contribution in [0.25, 0.3) is 0 Å². The predicted molar refractivity (Wildman–Crippen MR) is 47.3 cm³/mol. The molecule has 12 heavy (non-hydrogen) atoms. The van der Waals surface area contributed by atoms with E-state index in [2.05, 4.69) is 9.71 Å². The lowest BCUT2D eigenvalue weighted by molar-refractivity contribution is 0.602. The summed E-state index contributed by atoms with van der Waals surface area (Å²) >= 11 is 0. The summed E-state index contributed by atoms with van der Waals surface area (Å²) in [4.78, 5) is 3.78. The maximum Gasteiger partial charge on any atom is 0.232 e. The molecule has 0 spiro atoms. The largest absolute Gasteiger partial charge is 0.282 e. The first-order valence-corrected chi connectivity index (χ1v) is 5.20. The zero-order valence-electron chi connectivity index (χ0n) is 6.69. The van der Waals surface area contributed by atoms with Gasteiger partial charge in [0.1, 0.15) is 0 Å². The summed E-state index contributed by atoms with van der Waals surface area (Å²) in [5, 5.41) is 0. The predicted octanol–water partition coefficient (Wildman–Crippen LogP) is 0.843. The minimum absolute atomic E-state index is 0.0713. The van der Waals surface area contributed by atoms with Crippen LogP contribution < -0.4 is 4.72 Å². The molecule has 0 aliphatic carbocycles. The fourth-order valence-corrected chi connectivity index (χ4v) is 1.30. The lowest BCUT2D eigenvalue weighted by Crippen LogP contribution is -2.14. The molecule has 0 aliphatic heterocycles. The standard InChI is InChI=1S/C7H10N2O2S/c1-2-12(10,11)9-7-4-3-5-8-6-7/h3-6,9H,2H2,1H3. The van der Waals surface area contributed by atoms with E-state index < -0.39 is 10.0 Å². The zero-order valence-corrected chi connectivity index (χ0v) is 7.50. The first kappa shape index (κ1) is 8.99. The average molecular weight is 186 g/mol. The summed E-state index contributed by atoms with van der Waals surface area (Å²) in [7, 11) is -3.16. The van der Waals surface area contributed by atoms with Gasteiger partial charge in [0.15, 0.2) is 0 Å². The van der Waals surface area contributed by atoms with E-state index in [1.165, 1.54) is 6.20 Å². The Hall–Kier alpha value is -1.10. The van der Waals surface area contributed by atoms with Gasteiger partial charge in [0.05, 0.1) is 17.6 Å². The van der Waals surface area contributed by atoms with Crippen molar-refractivity contribution in [3.63, 3.8) is 0 Å². The van der Waals surface area contributed by atoms with Crippen LogP contribution in [0.4, 0.5) is 5.69 Å². The SMILES string of the molecule is CCS(=O)(=O)Nc1cccnc1. The molecule has 0 aromatic carbocycles. The van der Waals surface area contributed by atoms with Crippen molar-refractivity contribution in [2.24, 2.45) is 0 Å². The topological polar surface area (TPSA) is 59.1 Å². The minimum atomic E-state index is -3.16. The van der Waals surface area contributed by atoms with Gasteiger partial charge in [-0.2, -0.15) is 0 Å². The van der Waals surface area contributed by atoms with Crippen LogP contribution in [-0.2, 0) is 10.0 Å². The number of nitrogens with zero attached hydrogens (tertiary/aromatic N) is 1. The second kappa shape index (κ2) is 3.53. The Labute approximate surface area is 71.7 Å². The Morgan fingerprint density at radius 2 is 2.33 bits per heavy atom. The highest BCUT2D eigenvalue weighted by atomic mass is 32.2. The lowest BCUT2D eigenvalue weighted by atomic mass is 10.4. The molecular formula is C7H10N2O2S. The normalized spacial score (nSPS) is 11.1. The van der Waals surface area contributed by atoms with E-state index in [1.807, 2.05) is 0 Å². The summed E-state index contributed by atoms with van der Waals surface area (Å²) in [6.07, 6.45) is 3.05. The second-order valence-electron chi connectivity index (χ2n) is 2.25. The molecule has 0 fully saturated rings. The molecule has 0 radical (unpaired) electrons. The number of hydrogen-bond acceptors (Lipinski definition) is 3. The first-order valence-electron chi connectivity index (χ1n) is 3.54. The van der Waals surface area contributed by atoms with Crippen molar-refractivity contribution in [1.29, 1.82) is 0 Å². The molecule has 0 bridgehead atoms. The Balaban J connectivity index is 2.78. The van der Waals surface area contributed by atoms with Crippen LogP contribution in [0.3, 0.4) is 0 Å². The van der Waals surface area contributed by atoms with E-state index in [0.29, 0.717) is 5.69 Å². The molecule has 4 nitrogen and oxygen atoms in total. The average Bonchev–Trinajstić information content (AvgIpc) is 2.06. The van der Waals surface area contributed by atoms with Crippen molar-refractivity contribution in [3.8, 4) is 0 Å². The number of hydrogen-bond donors (Lipinski definition) is 1. The van der Waals surface area contributed by atoms with Crippen LogP contribution in [-0.4, -0.2) is 19.2 Å². The van der Waals surface area contributed by atoms with Crippen LogP contribution in [0.1, 0.15) is 6.92 Å². The molecule has 0 amide bonds. The van der Waals surface area contributed by atoms with Gasteiger partial charge in [-0.05, 0) is 19.1 Å². The molecule has 0 saturated carbocycles. The van der Waals surface area contributed by atoms with E-state index in [1.54, 1.807) is 25.3 Å². The summed E-state index contributed by atoms with van der Waals surface area (Å²) in [6, 6.07) is 3.33. The van der Waals surface area contributed by atoms with Crippen LogP contribution in [0, 0.1) is 0 Å². The van der Waals surface area contributed by atoms with Gasteiger partial charge in [0.25, 0.3) is 0 Å². The number of nitrogens with one attached hydrogen (secondary N) is 1. The third kappa shape index (κ3) is 2.50. The van der Waals surface area contributed by atoms with E-state index in [9.17, 15) is 8.42 Å². The van der Waals surface area contributed by atoms with Crippen LogP contribution >= 0.6 is 0 Å². The zero-order chi connectivity index (χ0) is 9.03. The number of pyridine rings is 1. The van der Waals surface area contributed by atoms with Crippen LogP contribution in [0.15, 0.2) is 24.5 Å². The van der Waals surface area contributed by atoms with Crippen LogP contribution in [0.5, 0.6) is 0 Å². The summed E-state index contributed by atoms with van der Waals surface area (Å²) in [5.74, 6) is 0.0713. The molecule has 0 aliphatic rings. The Morgan fingerprint density at radius 3 is 2.83 bits per heavy atom. The molecule has 0 atom stereocenters. The maximum absolute atomic E-state index is 11.0. The molecule has 1 heterocycles. The third-order valence-electron chi connectivity index (χ3n) is 1.31. The molecule has 5 heteroatoms. The highest BCUT2D eigenvalue weighted by molar-refractivity contribution is 7.92. The Bertz CT molecular complexity index is 334. The monoisotopic (exact) mass is 186 g/mol. The van der Waals surface area contributed by atoms with Crippen molar-refractivity contribution in [3.05, 3.63) is 24.5 Å². The molecule has 1 aromatic heterocycles. The molecular weight excluding hydrogens is 176 g/mol. The first-order chi connectivity index (χ1) is 5.64. The van der Waals surface area contributed by atoms with Crippen molar-refractivity contribution >= 4 is 15.7 Å². The summed E-state index contributed by atoms with van der Waals surface area (Å²) < 4.78 is 24.4. The molecule has 0 saturated heterocycles. The van der Waals surface area contributed by atoms with Gasteiger partial charge in [0.2, 0.25) is 10.0 Å². The summed E-state index contributed by atoms with van der Waals surface area (Å²) in [6.45, 7) is 1.58. The maximum atomic E-state index is 11.0. The van der Waals surface area contributed by atoms with E-state index in [0.717, 1.165) is 0 Å². The summed E-state index contributed by atoms with van der Waals surface area (Å²) in [5.41, 5.74) is 0.499. The van der Waals surface area contributed by atoms with Crippen molar-refractivity contribution in [1.82, 2.24) is 4.98 Å². The minimum Gasteiger partial charge on any atom is -0.282 e. The molecule has 1 aromatic rings. The molecule has 1 N–H and O–H groups in total. The van der Waals surface area contributed by atoms with Crippen molar-refractivity contribution in [2.75, 3.05) is 10.5 Å². The van der Waals surface area contributed by atoms with Gasteiger partial charge in [-0.1, -0.05) is 0 Å². The van der Waals surface area contributed by atoms with Crippen LogP contribution in [0.2, 0.25) is 0 Å². The second-order valence-corrected chi connectivity index (χ2v) is 4.26. The quantitative estimate of drug-likeness (QED) is 0.761. The van der Waals surface area contributed by atoms with Gasteiger partial charge in [-0.25, -0.2) is 8.42 Å². The molecule has 1 rings (SSSR count). The molecule has 66 valence electrons. The lowest BCUT2D eigenvalue weighted by Gasteiger charge is -2.03. The Kier molecular flexibility index (Phi) is 2.65. The number of anilines is 1. The number of sulfonamides is 1. The Morgan fingerprint density at radius 1 is 1.58 bits per heavy atom. The van der Waals surface area contributed by atoms with Gasteiger partial charge >= 0.3 is 0 Å². The van der Waals surface area contributed by atoms with Gasteiger partial charge in [-0.15, -0.1) is 0 Å². The van der Waals surface area contributed by atoms with E-state index in [-0.39, 0.29) is 5.75 Å². The van der Waals surface area contributed by atoms with Gasteiger partial charge < -0.3 is 0 Å². The van der Waals surface area contributed by atoms with Crippen molar-refractivity contribution < 1.29 is 8.42 Å². The van der Waals surface area contributed by atoms with E-state index >= 15 is 0 Å². The number of aromatic nitrogens is 1. The third-order valence-corrected chi connectivity index (χ3v) is 2.62. The van der Waals surface area contributed by atoms with Crippen molar-refractivity contribution in [2.45, 2.75) is 6.92 Å². The van der Waals surface area contributed by atoms with Gasteiger partial charge in [0, 0.05) is 6.20 Å². The fourth-order valence-electron chi connectivity index (χ4n) is 0.675. The van der Waals surface area contributed by atoms with E-state index in [4.69, 9.17) is 0 Å². The highest BCUT2D eigenvalue weighted by Gasteiger charge is 2.05. The molecule has 0 unspecified atom stereocenters.